The monoisotopic (exact) mass is 291 g/mol. The van der Waals surface area contributed by atoms with Crippen molar-refractivity contribution in [3.05, 3.63) is 23.8 Å². The molecule has 2 unspecified atom stereocenters. The predicted octanol–water partition coefficient (Wildman–Crippen LogP) is 1.09. The summed E-state index contributed by atoms with van der Waals surface area (Å²) in [7, 11) is 4.30. The molecule has 3 rings (SSSR count). The van der Waals surface area contributed by atoms with Crippen molar-refractivity contribution < 1.29 is 9.47 Å². The molecule has 0 saturated carbocycles. The second-order valence-electron chi connectivity index (χ2n) is 6.06. The normalized spacial score (nSPS) is 23.5. The summed E-state index contributed by atoms with van der Waals surface area (Å²) in [5, 5.41) is 0. The third-order valence-corrected chi connectivity index (χ3v) is 4.54. The quantitative estimate of drug-likeness (QED) is 0.900. The van der Waals surface area contributed by atoms with Gasteiger partial charge in [0.2, 0.25) is 0 Å². The smallest absolute Gasteiger partial charge is 0.161 e. The molecular weight excluding hydrogens is 266 g/mol. The second-order valence-corrected chi connectivity index (χ2v) is 6.06. The molecule has 2 aliphatic heterocycles. The summed E-state index contributed by atoms with van der Waals surface area (Å²) in [5.74, 6) is 1.69. The second kappa shape index (κ2) is 6.22. The van der Waals surface area contributed by atoms with Crippen LogP contribution in [-0.4, -0.2) is 62.8 Å². The highest BCUT2D eigenvalue weighted by Gasteiger charge is 2.30. The van der Waals surface area contributed by atoms with Gasteiger partial charge in [-0.15, -0.1) is 0 Å². The van der Waals surface area contributed by atoms with Crippen LogP contribution in [0.4, 0.5) is 0 Å². The van der Waals surface area contributed by atoms with Crippen LogP contribution in [0.5, 0.6) is 11.5 Å². The van der Waals surface area contributed by atoms with E-state index < -0.39 is 0 Å². The number of benzene rings is 1. The Balaban J connectivity index is 1.77. The minimum Gasteiger partial charge on any atom is -0.486 e. The van der Waals surface area contributed by atoms with E-state index >= 15 is 0 Å². The van der Waals surface area contributed by atoms with Crippen LogP contribution in [0.25, 0.3) is 0 Å². The first kappa shape index (κ1) is 14.6. The molecule has 2 aliphatic rings. The fourth-order valence-corrected chi connectivity index (χ4v) is 3.24. The van der Waals surface area contributed by atoms with Gasteiger partial charge < -0.3 is 20.1 Å². The standard InChI is InChI=1S/C16H25N3O2/c1-18(2)13-5-6-19(11-13)14(10-17)12-3-4-15-16(9-12)21-8-7-20-15/h3-4,9,13-14H,5-8,10-11,17H2,1-2H3. The summed E-state index contributed by atoms with van der Waals surface area (Å²) in [6.07, 6.45) is 1.20. The molecule has 21 heavy (non-hydrogen) atoms. The molecule has 1 saturated heterocycles. The van der Waals surface area contributed by atoms with E-state index in [1.54, 1.807) is 0 Å². The van der Waals surface area contributed by atoms with E-state index in [-0.39, 0.29) is 6.04 Å². The van der Waals surface area contributed by atoms with Gasteiger partial charge in [0.1, 0.15) is 13.2 Å². The lowest BCUT2D eigenvalue weighted by atomic mass is 10.0. The van der Waals surface area contributed by atoms with Gasteiger partial charge in [-0.3, -0.25) is 4.90 Å². The van der Waals surface area contributed by atoms with E-state index in [0.29, 0.717) is 25.8 Å². The van der Waals surface area contributed by atoms with Gasteiger partial charge in [-0.2, -0.15) is 0 Å². The molecule has 2 atom stereocenters. The molecule has 0 aromatic heterocycles. The molecule has 5 nitrogen and oxygen atoms in total. The zero-order chi connectivity index (χ0) is 14.8. The Bertz CT molecular complexity index is 492. The minimum atomic E-state index is 0.255. The van der Waals surface area contributed by atoms with Crippen molar-refractivity contribution in [3.8, 4) is 11.5 Å². The summed E-state index contributed by atoms with van der Waals surface area (Å²) in [4.78, 5) is 4.79. The lowest BCUT2D eigenvalue weighted by molar-refractivity contribution is 0.170. The Morgan fingerprint density at radius 3 is 2.71 bits per heavy atom. The highest BCUT2D eigenvalue weighted by atomic mass is 16.6. The molecule has 1 aromatic rings. The summed E-state index contributed by atoms with van der Waals surface area (Å²) < 4.78 is 11.3. The van der Waals surface area contributed by atoms with Crippen LogP contribution in [0.2, 0.25) is 0 Å². The molecule has 2 N–H and O–H groups in total. The van der Waals surface area contributed by atoms with Crippen molar-refractivity contribution in [1.82, 2.24) is 9.80 Å². The Morgan fingerprint density at radius 2 is 2.05 bits per heavy atom. The molecule has 1 aromatic carbocycles. The van der Waals surface area contributed by atoms with Crippen LogP contribution in [0.3, 0.4) is 0 Å². The maximum Gasteiger partial charge on any atom is 0.161 e. The number of rotatable bonds is 4. The Kier molecular flexibility index (Phi) is 4.33. The van der Waals surface area contributed by atoms with Crippen LogP contribution in [0, 0.1) is 0 Å². The van der Waals surface area contributed by atoms with E-state index in [2.05, 4.69) is 36.0 Å². The number of nitrogens with two attached hydrogens (primary N) is 1. The van der Waals surface area contributed by atoms with Crippen molar-refractivity contribution in [2.75, 3.05) is 46.9 Å². The maximum absolute atomic E-state index is 6.05. The first-order chi connectivity index (χ1) is 10.2. The molecule has 0 spiro atoms. The molecule has 116 valence electrons. The van der Waals surface area contributed by atoms with E-state index in [1.165, 1.54) is 12.0 Å². The largest absolute Gasteiger partial charge is 0.486 e. The van der Waals surface area contributed by atoms with Gasteiger partial charge in [-0.1, -0.05) is 6.07 Å². The number of likely N-dealkylation sites (N-methyl/N-ethyl adjacent to an activating group) is 1. The van der Waals surface area contributed by atoms with Crippen molar-refractivity contribution in [1.29, 1.82) is 0 Å². The highest BCUT2D eigenvalue weighted by molar-refractivity contribution is 5.44. The van der Waals surface area contributed by atoms with E-state index in [1.807, 2.05) is 6.07 Å². The average molecular weight is 291 g/mol. The van der Waals surface area contributed by atoms with Gasteiger partial charge >= 0.3 is 0 Å². The van der Waals surface area contributed by atoms with Gasteiger partial charge in [-0.05, 0) is 38.2 Å². The van der Waals surface area contributed by atoms with Gasteiger partial charge in [0.15, 0.2) is 11.5 Å². The maximum atomic E-state index is 6.05. The first-order valence-corrected chi connectivity index (χ1v) is 7.69. The lowest BCUT2D eigenvalue weighted by Crippen LogP contribution is -2.36. The summed E-state index contributed by atoms with van der Waals surface area (Å²) in [6, 6.07) is 7.09. The zero-order valence-corrected chi connectivity index (χ0v) is 12.9. The summed E-state index contributed by atoms with van der Waals surface area (Å²) in [5.41, 5.74) is 7.28. The van der Waals surface area contributed by atoms with Crippen LogP contribution in [0.1, 0.15) is 18.0 Å². The fraction of sp³-hybridized carbons (Fsp3) is 0.625. The van der Waals surface area contributed by atoms with E-state index in [9.17, 15) is 0 Å². The molecule has 1 fully saturated rings. The van der Waals surface area contributed by atoms with Crippen LogP contribution in [-0.2, 0) is 0 Å². The van der Waals surface area contributed by atoms with E-state index in [0.717, 1.165) is 24.6 Å². The van der Waals surface area contributed by atoms with Crippen molar-refractivity contribution in [2.24, 2.45) is 5.73 Å². The Hall–Kier alpha value is -1.30. The predicted molar refractivity (Wildman–Crippen MR) is 82.9 cm³/mol. The minimum absolute atomic E-state index is 0.255. The fourth-order valence-electron chi connectivity index (χ4n) is 3.24. The van der Waals surface area contributed by atoms with Crippen molar-refractivity contribution in [3.63, 3.8) is 0 Å². The molecule has 2 heterocycles. The third kappa shape index (κ3) is 3.00. The Labute approximate surface area is 126 Å². The molecule has 5 heteroatoms. The zero-order valence-electron chi connectivity index (χ0n) is 12.9. The number of hydrogen-bond acceptors (Lipinski definition) is 5. The van der Waals surface area contributed by atoms with Crippen LogP contribution < -0.4 is 15.2 Å². The Morgan fingerprint density at radius 1 is 1.29 bits per heavy atom. The number of hydrogen-bond donors (Lipinski definition) is 1. The SMILES string of the molecule is CN(C)C1CCN(C(CN)c2ccc3c(c2)OCCO3)C1. The average Bonchev–Trinajstić information content (AvgIpc) is 2.98. The number of likely N-dealkylation sites (tertiary alicyclic amines) is 1. The molecule has 0 amide bonds. The molecular formula is C16H25N3O2. The van der Waals surface area contributed by atoms with Crippen LogP contribution >= 0.6 is 0 Å². The molecule has 0 aliphatic carbocycles. The molecule has 0 bridgehead atoms. The van der Waals surface area contributed by atoms with Gasteiger partial charge in [0, 0.05) is 31.7 Å². The number of ether oxygens (including phenoxy) is 2. The van der Waals surface area contributed by atoms with Crippen LogP contribution in [0.15, 0.2) is 18.2 Å². The van der Waals surface area contributed by atoms with Crippen molar-refractivity contribution >= 4 is 0 Å². The van der Waals surface area contributed by atoms with Gasteiger partial charge in [-0.25, -0.2) is 0 Å². The highest BCUT2D eigenvalue weighted by Crippen LogP contribution is 2.34. The number of nitrogens with zero attached hydrogens (tertiary/aromatic N) is 2. The number of fused-ring (bicyclic) bond motifs is 1. The van der Waals surface area contributed by atoms with Gasteiger partial charge in [0.05, 0.1) is 0 Å². The lowest BCUT2D eigenvalue weighted by Gasteiger charge is -2.29. The van der Waals surface area contributed by atoms with Crippen molar-refractivity contribution in [2.45, 2.75) is 18.5 Å². The van der Waals surface area contributed by atoms with E-state index in [4.69, 9.17) is 15.2 Å². The first-order valence-electron chi connectivity index (χ1n) is 7.69. The third-order valence-electron chi connectivity index (χ3n) is 4.54. The molecule has 0 radical (unpaired) electrons. The summed E-state index contributed by atoms with van der Waals surface area (Å²) >= 11 is 0. The summed E-state index contributed by atoms with van der Waals surface area (Å²) in [6.45, 7) is 4.04. The van der Waals surface area contributed by atoms with Gasteiger partial charge in [0.25, 0.3) is 0 Å². The topological polar surface area (TPSA) is 51.0 Å².